The van der Waals surface area contributed by atoms with Gasteiger partial charge < -0.3 is 10.6 Å². The third kappa shape index (κ3) is 4.60. The average molecular weight is 430 g/mol. The number of carbonyl (C=O) groups excluding carboxylic acids is 2. The number of nitrogens with zero attached hydrogens (tertiary/aromatic N) is 1. The number of aromatic amines is 1. The number of benzene rings is 1. The van der Waals surface area contributed by atoms with Gasteiger partial charge in [-0.15, -0.1) is 0 Å². The van der Waals surface area contributed by atoms with Gasteiger partial charge in [0.1, 0.15) is 5.69 Å². The van der Waals surface area contributed by atoms with Crippen LogP contribution in [0.1, 0.15) is 33.7 Å². The van der Waals surface area contributed by atoms with Gasteiger partial charge in [-0.1, -0.05) is 29.3 Å². The Morgan fingerprint density at radius 1 is 1.19 bits per heavy atom. The second-order valence-corrected chi connectivity index (χ2v) is 9.43. The Bertz CT molecular complexity index is 955. The van der Waals surface area contributed by atoms with Crippen molar-refractivity contribution in [3.05, 3.63) is 45.7 Å². The van der Waals surface area contributed by atoms with Crippen LogP contribution in [0.5, 0.6) is 0 Å². The van der Waals surface area contributed by atoms with E-state index in [0.29, 0.717) is 12.8 Å². The number of H-pyrrole nitrogens is 1. The number of nitrogens with one attached hydrogen (secondary N) is 4. The normalized spacial score (nSPS) is 22.2. The fourth-order valence-electron chi connectivity index (χ4n) is 2.77. The molecule has 1 aliphatic rings. The molecule has 1 fully saturated rings. The smallest absolute Gasteiger partial charge is 0.271 e. The van der Waals surface area contributed by atoms with Crippen molar-refractivity contribution >= 4 is 50.4 Å². The molecule has 0 atom stereocenters. The Kier molecular flexibility index (Phi) is 5.73. The van der Waals surface area contributed by atoms with Gasteiger partial charge in [-0.05, 0) is 25.0 Å². The summed E-state index contributed by atoms with van der Waals surface area (Å²) in [5, 5.41) is 12.1. The minimum absolute atomic E-state index is 0.0868. The van der Waals surface area contributed by atoms with Gasteiger partial charge in [0.2, 0.25) is 0 Å². The molecule has 3 rings (SSSR count). The van der Waals surface area contributed by atoms with Crippen molar-refractivity contribution in [3.63, 3.8) is 0 Å². The number of hydrogen-bond donors (Lipinski definition) is 4. The molecule has 0 radical (unpaired) electrons. The van der Waals surface area contributed by atoms with Crippen molar-refractivity contribution in [2.45, 2.75) is 18.9 Å². The van der Waals surface area contributed by atoms with Crippen LogP contribution in [0.4, 0.5) is 5.69 Å². The molecule has 2 heterocycles. The first-order valence-corrected chi connectivity index (χ1v) is 10.8. The second kappa shape index (κ2) is 7.87. The fourth-order valence-corrected chi connectivity index (χ4v) is 4.87. The lowest BCUT2D eigenvalue weighted by Gasteiger charge is -2.24. The van der Waals surface area contributed by atoms with Gasteiger partial charge in [0.05, 0.1) is 27.5 Å². The number of carbonyl (C=O) groups is 2. The van der Waals surface area contributed by atoms with Gasteiger partial charge in [0.15, 0.2) is 0 Å². The summed E-state index contributed by atoms with van der Waals surface area (Å²) in [4.78, 5) is 25.0. The average Bonchev–Trinajstić information content (AvgIpc) is 3.05. The minimum Gasteiger partial charge on any atom is -0.348 e. The maximum absolute atomic E-state index is 12.5. The summed E-state index contributed by atoms with van der Waals surface area (Å²) in [6.45, 7) is 0. The summed E-state index contributed by atoms with van der Waals surface area (Å²) in [6.07, 6.45) is 2.26. The first kappa shape index (κ1) is 19.7. The van der Waals surface area contributed by atoms with Crippen molar-refractivity contribution in [1.82, 2.24) is 15.5 Å². The fraction of sp³-hybridized carbons (Fsp3) is 0.312. The molecular weight excluding hydrogens is 413 g/mol. The van der Waals surface area contributed by atoms with E-state index in [0.717, 1.165) is 0 Å². The Balaban J connectivity index is 1.70. The molecule has 0 aliphatic carbocycles. The van der Waals surface area contributed by atoms with E-state index >= 15 is 0 Å². The Morgan fingerprint density at radius 3 is 2.44 bits per heavy atom. The first-order chi connectivity index (χ1) is 12.8. The molecule has 1 aromatic heterocycles. The molecule has 144 valence electrons. The zero-order valence-electron chi connectivity index (χ0n) is 14.1. The Hall–Kier alpha value is -2.10. The predicted molar refractivity (Wildman–Crippen MR) is 104 cm³/mol. The Labute approximate surface area is 166 Å². The molecule has 2 amide bonds. The molecule has 11 heteroatoms. The lowest BCUT2D eigenvalue weighted by molar-refractivity contribution is 0.0930. The number of anilines is 1. The molecule has 4 N–H and O–H groups in total. The number of hydrogen-bond acceptors (Lipinski definition) is 5. The summed E-state index contributed by atoms with van der Waals surface area (Å²) < 4.78 is 19.3. The first-order valence-electron chi connectivity index (χ1n) is 8.10. The lowest BCUT2D eigenvalue weighted by atomic mass is 10.1. The maximum atomic E-state index is 12.5. The van der Waals surface area contributed by atoms with Gasteiger partial charge in [0.25, 0.3) is 11.8 Å². The third-order valence-corrected chi connectivity index (χ3v) is 6.65. The van der Waals surface area contributed by atoms with E-state index in [2.05, 4.69) is 20.8 Å². The largest absolute Gasteiger partial charge is 0.348 e. The highest BCUT2D eigenvalue weighted by atomic mass is 35.5. The van der Waals surface area contributed by atoms with Crippen LogP contribution in [-0.2, 0) is 9.73 Å². The molecule has 0 bridgehead atoms. The molecule has 0 unspecified atom stereocenters. The Morgan fingerprint density at radius 2 is 1.81 bits per heavy atom. The molecule has 1 saturated heterocycles. The maximum Gasteiger partial charge on any atom is 0.271 e. The van der Waals surface area contributed by atoms with E-state index in [1.807, 2.05) is 0 Å². The number of aromatic nitrogens is 2. The molecule has 27 heavy (non-hydrogen) atoms. The SMILES string of the molecule is N=S1(=O)CCC(NC(=O)c2[nH]ncc2NC(=O)c2c(Cl)cccc2Cl)CC1. The van der Waals surface area contributed by atoms with Crippen molar-refractivity contribution in [2.75, 3.05) is 16.8 Å². The van der Waals surface area contributed by atoms with E-state index in [4.69, 9.17) is 28.0 Å². The summed E-state index contributed by atoms with van der Waals surface area (Å²) in [5.41, 5.74) is 0.378. The van der Waals surface area contributed by atoms with E-state index in [1.165, 1.54) is 6.20 Å². The highest BCUT2D eigenvalue weighted by Gasteiger charge is 2.25. The van der Waals surface area contributed by atoms with Crippen LogP contribution >= 0.6 is 23.2 Å². The van der Waals surface area contributed by atoms with Crippen LogP contribution < -0.4 is 10.6 Å². The predicted octanol–water partition coefficient (Wildman–Crippen LogP) is 2.91. The quantitative estimate of drug-likeness (QED) is 0.595. The molecule has 1 aromatic carbocycles. The van der Waals surface area contributed by atoms with Crippen LogP contribution in [0.15, 0.2) is 24.4 Å². The van der Waals surface area contributed by atoms with Crippen LogP contribution in [-0.4, -0.2) is 43.8 Å². The highest BCUT2D eigenvalue weighted by molar-refractivity contribution is 7.92. The topological polar surface area (TPSA) is 128 Å². The summed E-state index contributed by atoms with van der Waals surface area (Å²) >= 11 is 12.1. The number of halogens is 2. The molecule has 2 aromatic rings. The van der Waals surface area contributed by atoms with Gasteiger partial charge in [-0.2, -0.15) is 5.10 Å². The molecule has 0 saturated carbocycles. The van der Waals surface area contributed by atoms with Crippen molar-refractivity contribution in [1.29, 1.82) is 4.78 Å². The lowest BCUT2D eigenvalue weighted by Crippen LogP contribution is -2.41. The molecule has 1 aliphatic heterocycles. The van der Waals surface area contributed by atoms with Crippen molar-refractivity contribution < 1.29 is 13.8 Å². The number of amides is 2. The standard InChI is InChI=1S/C16H17Cl2N5O3S/c17-10-2-1-3-11(18)13(10)15(24)22-12-8-20-23-14(12)16(25)21-9-4-6-27(19,26)7-5-9/h1-3,8-9,19H,4-7H2,(H,20,23)(H,21,25)(H,22,24). The molecule has 0 spiro atoms. The zero-order valence-corrected chi connectivity index (χ0v) is 16.4. The van der Waals surface area contributed by atoms with Crippen molar-refractivity contribution in [2.24, 2.45) is 0 Å². The van der Waals surface area contributed by atoms with E-state index in [1.54, 1.807) is 18.2 Å². The van der Waals surface area contributed by atoms with E-state index < -0.39 is 21.5 Å². The van der Waals surface area contributed by atoms with Crippen LogP contribution in [0, 0.1) is 4.78 Å². The van der Waals surface area contributed by atoms with E-state index in [9.17, 15) is 13.8 Å². The summed E-state index contributed by atoms with van der Waals surface area (Å²) in [7, 11) is -2.52. The zero-order chi connectivity index (χ0) is 19.6. The molecular formula is C16H17Cl2N5O3S. The molecule has 8 nitrogen and oxygen atoms in total. The van der Waals surface area contributed by atoms with Crippen LogP contribution in [0.2, 0.25) is 10.0 Å². The summed E-state index contributed by atoms with van der Waals surface area (Å²) in [6, 6.07) is 4.52. The third-order valence-electron chi connectivity index (χ3n) is 4.23. The van der Waals surface area contributed by atoms with Gasteiger partial charge in [0, 0.05) is 27.3 Å². The van der Waals surface area contributed by atoms with Gasteiger partial charge in [-0.3, -0.25) is 19.5 Å². The minimum atomic E-state index is -2.52. The summed E-state index contributed by atoms with van der Waals surface area (Å²) in [5.74, 6) is -0.491. The van der Waals surface area contributed by atoms with Crippen LogP contribution in [0.25, 0.3) is 0 Å². The number of rotatable bonds is 4. The second-order valence-electron chi connectivity index (χ2n) is 6.18. The van der Waals surface area contributed by atoms with E-state index in [-0.39, 0.29) is 44.5 Å². The van der Waals surface area contributed by atoms with Crippen LogP contribution in [0.3, 0.4) is 0 Å². The monoisotopic (exact) mass is 429 g/mol. The highest BCUT2D eigenvalue weighted by Crippen LogP contribution is 2.26. The van der Waals surface area contributed by atoms with Gasteiger partial charge in [-0.25, -0.2) is 4.21 Å². The van der Waals surface area contributed by atoms with Crippen molar-refractivity contribution in [3.8, 4) is 0 Å². The van der Waals surface area contributed by atoms with Gasteiger partial charge >= 0.3 is 0 Å².